The van der Waals surface area contributed by atoms with Crippen molar-refractivity contribution in [3.63, 3.8) is 0 Å². The van der Waals surface area contributed by atoms with E-state index in [2.05, 4.69) is 0 Å². The lowest BCUT2D eigenvalue weighted by atomic mass is 9.86. The van der Waals surface area contributed by atoms with Gasteiger partial charge in [-0.2, -0.15) is 0 Å². The van der Waals surface area contributed by atoms with E-state index < -0.39 is 0 Å². The number of hydrogen-bond acceptors (Lipinski definition) is 3. The minimum absolute atomic E-state index is 0.0379. The van der Waals surface area contributed by atoms with Crippen molar-refractivity contribution in [1.82, 2.24) is 0 Å². The second-order valence-corrected chi connectivity index (χ2v) is 5.10. The Morgan fingerprint density at radius 1 is 1.22 bits per heavy atom. The highest BCUT2D eigenvalue weighted by Gasteiger charge is 2.27. The largest absolute Gasteiger partial charge is 0.458 e. The Hall–Kier alpha value is -1.35. The summed E-state index contributed by atoms with van der Waals surface area (Å²) in [5.41, 5.74) is 6.88. The van der Waals surface area contributed by atoms with E-state index in [0.29, 0.717) is 0 Å². The molecule has 1 atom stereocenters. The first-order chi connectivity index (χ1) is 8.66. The van der Waals surface area contributed by atoms with Gasteiger partial charge in [-0.1, -0.05) is 30.3 Å². The van der Waals surface area contributed by atoms with Crippen LogP contribution in [0.4, 0.5) is 0 Å². The predicted molar refractivity (Wildman–Crippen MR) is 70.9 cm³/mol. The lowest BCUT2D eigenvalue weighted by molar-refractivity contribution is -0.154. The van der Waals surface area contributed by atoms with Crippen LogP contribution in [-0.4, -0.2) is 12.0 Å². The average molecular weight is 247 g/mol. The number of nitrogens with two attached hydrogens (primary N) is 1. The van der Waals surface area contributed by atoms with Gasteiger partial charge in [-0.05, 0) is 38.2 Å². The smallest absolute Gasteiger partial charge is 0.309 e. The number of carbonyl (C=O) groups excluding carboxylic acids is 1. The standard InChI is InChI=1S/C15H21NO2/c1-11(12-5-3-2-4-6-12)18-15(17)13-7-9-14(16)10-8-13/h2-6,11,13-14H,7-10,16H2,1H3/t11-,13-,14-/m0/s1. The molecule has 98 valence electrons. The van der Waals surface area contributed by atoms with Crippen molar-refractivity contribution in [2.75, 3.05) is 0 Å². The second kappa shape index (κ2) is 6.01. The molecule has 0 radical (unpaired) electrons. The van der Waals surface area contributed by atoms with Crippen molar-refractivity contribution in [2.45, 2.75) is 44.8 Å². The minimum Gasteiger partial charge on any atom is -0.458 e. The van der Waals surface area contributed by atoms with Gasteiger partial charge >= 0.3 is 5.97 Å². The van der Waals surface area contributed by atoms with Crippen molar-refractivity contribution in [3.8, 4) is 0 Å². The third-order valence-electron chi connectivity index (χ3n) is 3.67. The normalized spacial score (nSPS) is 25.4. The first-order valence-corrected chi connectivity index (χ1v) is 6.68. The molecule has 1 aliphatic carbocycles. The average Bonchev–Trinajstić information content (AvgIpc) is 2.40. The van der Waals surface area contributed by atoms with Gasteiger partial charge in [-0.15, -0.1) is 0 Å². The van der Waals surface area contributed by atoms with E-state index in [-0.39, 0.29) is 24.0 Å². The fourth-order valence-corrected chi connectivity index (χ4v) is 2.42. The predicted octanol–water partition coefficient (Wildman–Crippen LogP) is 2.81. The van der Waals surface area contributed by atoms with Gasteiger partial charge in [-0.25, -0.2) is 0 Å². The Kier molecular flexibility index (Phi) is 4.37. The minimum atomic E-state index is -0.172. The molecule has 0 unspecified atom stereocenters. The maximum Gasteiger partial charge on any atom is 0.309 e. The van der Waals surface area contributed by atoms with Crippen LogP contribution in [0.2, 0.25) is 0 Å². The Morgan fingerprint density at radius 2 is 1.83 bits per heavy atom. The maximum atomic E-state index is 12.0. The molecule has 1 saturated carbocycles. The van der Waals surface area contributed by atoms with Crippen LogP contribution in [0.3, 0.4) is 0 Å². The van der Waals surface area contributed by atoms with Gasteiger partial charge in [0.1, 0.15) is 6.10 Å². The fourth-order valence-electron chi connectivity index (χ4n) is 2.42. The summed E-state index contributed by atoms with van der Waals surface area (Å²) in [5.74, 6) is -0.0331. The van der Waals surface area contributed by atoms with Gasteiger partial charge in [-0.3, -0.25) is 4.79 Å². The molecule has 2 rings (SSSR count). The number of esters is 1. The zero-order chi connectivity index (χ0) is 13.0. The molecule has 2 N–H and O–H groups in total. The summed E-state index contributed by atoms with van der Waals surface area (Å²) >= 11 is 0. The SMILES string of the molecule is C[C@H](OC(=O)[C@H]1CC[C@H](N)CC1)c1ccccc1. The quantitative estimate of drug-likeness (QED) is 0.836. The molecule has 0 amide bonds. The summed E-state index contributed by atoms with van der Waals surface area (Å²) in [6.07, 6.45) is 3.41. The molecule has 0 aromatic heterocycles. The lowest BCUT2D eigenvalue weighted by Gasteiger charge is -2.25. The van der Waals surface area contributed by atoms with Crippen molar-refractivity contribution in [3.05, 3.63) is 35.9 Å². The van der Waals surface area contributed by atoms with Gasteiger partial charge in [0, 0.05) is 6.04 Å². The molecule has 1 aromatic rings. The van der Waals surface area contributed by atoms with Crippen LogP contribution < -0.4 is 5.73 Å². The van der Waals surface area contributed by atoms with E-state index in [0.717, 1.165) is 31.2 Å². The third-order valence-corrected chi connectivity index (χ3v) is 3.67. The summed E-state index contributed by atoms with van der Waals surface area (Å²) in [5, 5.41) is 0. The molecule has 1 aliphatic rings. The van der Waals surface area contributed by atoms with Crippen molar-refractivity contribution in [1.29, 1.82) is 0 Å². The highest BCUT2D eigenvalue weighted by atomic mass is 16.5. The summed E-state index contributed by atoms with van der Waals surface area (Å²) in [7, 11) is 0. The highest BCUT2D eigenvalue weighted by Crippen LogP contribution is 2.26. The summed E-state index contributed by atoms with van der Waals surface area (Å²) < 4.78 is 5.53. The zero-order valence-corrected chi connectivity index (χ0v) is 10.8. The molecule has 1 aromatic carbocycles. The summed E-state index contributed by atoms with van der Waals surface area (Å²) in [6.45, 7) is 1.92. The molecule has 0 spiro atoms. The number of ether oxygens (including phenoxy) is 1. The van der Waals surface area contributed by atoms with Crippen LogP contribution >= 0.6 is 0 Å². The van der Waals surface area contributed by atoms with Crippen LogP contribution in [0.15, 0.2) is 30.3 Å². The van der Waals surface area contributed by atoms with E-state index in [1.165, 1.54) is 0 Å². The first-order valence-electron chi connectivity index (χ1n) is 6.68. The molecular weight excluding hydrogens is 226 g/mol. The van der Waals surface area contributed by atoms with Gasteiger partial charge < -0.3 is 10.5 Å². The third kappa shape index (κ3) is 3.33. The Morgan fingerprint density at radius 3 is 2.44 bits per heavy atom. The molecule has 18 heavy (non-hydrogen) atoms. The fraction of sp³-hybridized carbons (Fsp3) is 0.533. The van der Waals surface area contributed by atoms with E-state index in [9.17, 15) is 4.79 Å². The summed E-state index contributed by atoms with van der Waals surface area (Å²) in [6, 6.07) is 10.1. The van der Waals surface area contributed by atoms with Gasteiger partial charge in [0.25, 0.3) is 0 Å². The van der Waals surface area contributed by atoms with Crippen LogP contribution in [0, 0.1) is 5.92 Å². The molecular formula is C15H21NO2. The Balaban J connectivity index is 1.87. The number of carbonyl (C=O) groups is 1. The number of rotatable bonds is 3. The van der Waals surface area contributed by atoms with Gasteiger partial charge in [0.05, 0.1) is 5.92 Å². The van der Waals surface area contributed by atoms with Crippen LogP contribution in [0.25, 0.3) is 0 Å². The molecule has 3 nitrogen and oxygen atoms in total. The molecule has 1 fully saturated rings. The molecule has 0 heterocycles. The van der Waals surface area contributed by atoms with Crippen LogP contribution in [0.5, 0.6) is 0 Å². The van der Waals surface area contributed by atoms with Gasteiger partial charge in [0.2, 0.25) is 0 Å². The van der Waals surface area contributed by atoms with Crippen molar-refractivity contribution < 1.29 is 9.53 Å². The topological polar surface area (TPSA) is 52.3 Å². The van der Waals surface area contributed by atoms with Crippen LogP contribution in [-0.2, 0) is 9.53 Å². The number of benzene rings is 1. The van der Waals surface area contributed by atoms with E-state index >= 15 is 0 Å². The highest BCUT2D eigenvalue weighted by molar-refractivity contribution is 5.72. The summed E-state index contributed by atoms with van der Waals surface area (Å²) in [4.78, 5) is 12.0. The molecule has 0 aliphatic heterocycles. The maximum absolute atomic E-state index is 12.0. The zero-order valence-electron chi connectivity index (χ0n) is 10.8. The van der Waals surface area contributed by atoms with E-state index in [4.69, 9.17) is 10.5 Å². The lowest BCUT2D eigenvalue weighted by Crippen LogP contribution is -2.31. The Bertz CT molecular complexity index is 383. The second-order valence-electron chi connectivity index (χ2n) is 5.10. The first kappa shape index (κ1) is 13.1. The van der Waals surface area contributed by atoms with E-state index in [1.54, 1.807) is 0 Å². The van der Waals surface area contributed by atoms with Crippen LogP contribution in [0.1, 0.15) is 44.3 Å². The van der Waals surface area contributed by atoms with Gasteiger partial charge in [0.15, 0.2) is 0 Å². The molecule has 3 heteroatoms. The Labute approximate surface area is 108 Å². The monoisotopic (exact) mass is 247 g/mol. The number of hydrogen-bond donors (Lipinski definition) is 1. The molecule has 0 bridgehead atoms. The molecule has 0 saturated heterocycles. The van der Waals surface area contributed by atoms with Crippen molar-refractivity contribution in [2.24, 2.45) is 11.7 Å². The van der Waals surface area contributed by atoms with E-state index in [1.807, 2.05) is 37.3 Å². The van der Waals surface area contributed by atoms with Crippen molar-refractivity contribution >= 4 is 5.97 Å².